The molecule has 0 amide bonds. The molecule has 3 aromatic heterocycles. The van der Waals surface area contributed by atoms with Crippen molar-refractivity contribution >= 4 is 46.4 Å². The molecule has 2 fully saturated rings. The summed E-state index contributed by atoms with van der Waals surface area (Å²) in [4.78, 5) is 21.2. The minimum Gasteiger partial charge on any atom is -0.308 e. The molecule has 0 bridgehead atoms. The van der Waals surface area contributed by atoms with Crippen molar-refractivity contribution in [1.82, 2.24) is 25.5 Å². The molecule has 4 heterocycles. The van der Waals surface area contributed by atoms with Gasteiger partial charge in [-0.1, -0.05) is 0 Å². The Morgan fingerprint density at radius 3 is 2.80 bits per heavy atom. The van der Waals surface area contributed by atoms with Gasteiger partial charge in [-0.25, -0.2) is 4.98 Å². The number of piperidine rings is 1. The second-order valence-electron chi connectivity index (χ2n) is 6.64. The predicted molar refractivity (Wildman–Crippen MR) is 104 cm³/mol. The number of nitrogens with one attached hydrogen (secondary N) is 3. The highest BCUT2D eigenvalue weighted by atomic mass is 35.5. The molecule has 1 aliphatic carbocycles. The van der Waals surface area contributed by atoms with Crippen LogP contribution in [0.2, 0.25) is 0 Å². The van der Waals surface area contributed by atoms with E-state index < -0.39 is 0 Å². The zero-order chi connectivity index (χ0) is 15.6. The van der Waals surface area contributed by atoms with Crippen molar-refractivity contribution in [3.8, 4) is 10.4 Å². The fourth-order valence-electron chi connectivity index (χ4n) is 3.59. The van der Waals surface area contributed by atoms with Gasteiger partial charge in [-0.15, -0.1) is 36.2 Å². The van der Waals surface area contributed by atoms with Gasteiger partial charge >= 0.3 is 0 Å². The summed E-state index contributed by atoms with van der Waals surface area (Å²) in [7, 11) is 0. The summed E-state index contributed by atoms with van der Waals surface area (Å²) in [5.74, 6) is 2.44. The Bertz CT molecular complexity index is 965. The Hall–Kier alpha value is -1.41. The fraction of sp³-hybridized carbons (Fsp3) is 0.438. The maximum atomic E-state index is 12.5. The molecule has 2 aliphatic rings. The van der Waals surface area contributed by atoms with Crippen LogP contribution in [0.15, 0.2) is 17.1 Å². The van der Waals surface area contributed by atoms with Crippen molar-refractivity contribution in [1.29, 1.82) is 0 Å². The van der Waals surface area contributed by atoms with Crippen molar-refractivity contribution in [2.45, 2.75) is 25.8 Å². The highest BCUT2D eigenvalue weighted by molar-refractivity contribution is 7.22. The van der Waals surface area contributed by atoms with Gasteiger partial charge in [0.2, 0.25) is 0 Å². The van der Waals surface area contributed by atoms with E-state index in [4.69, 9.17) is 4.98 Å². The van der Waals surface area contributed by atoms with Crippen molar-refractivity contribution in [3.63, 3.8) is 0 Å². The van der Waals surface area contributed by atoms with Crippen LogP contribution in [-0.4, -0.2) is 26.7 Å². The van der Waals surface area contributed by atoms with E-state index in [9.17, 15) is 4.79 Å². The minimum absolute atomic E-state index is 0. The zero-order valence-electron chi connectivity index (χ0n) is 13.5. The van der Waals surface area contributed by atoms with Crippen LogP contribution >= 0.6 is 36.2 Å². The molecular weight excluding hydrogens is 381 g/mol. The first-order valence-electron chi connectivity index (χ1n) is 7.96. The number of thiophene rings is 1. The third-order valence-corrected chi connectivity index (χ3v) is 6.22. The van der Waals surface area contributed by atoms with Crippen LogP contribution in [0, 0.1) is 18.8 Å². The van der Waals surface area contributed by atoms with Gasteiger partial charge in [-0.3, -0.25) is 9.89 Å². The van der Waals surface area contributed by atoms with Crippen molar-refractivity contribution in [2.24, 2.45) is 11.8 Å². The number of aryl methyl sites for hydroxylation is 1. The number of H-pyrrole nitrogens is 2. The van der Waals surface area contributed by atoms with Gasteiger partial charge in [-0.2, -0.15) is 5.10 Å². The molecule has 25 heavy (non-hydrogen) atoms. The Balaban J connectivity index is 0.000000911. The van der Waals surface area contributed by atoms with E-state index in [1.807, 2.05) is 13.0 Å². The molecule has 3 unspecified atom stereocenters. The second kappa shape index (κ2) is 6.72. The molecule has 3 atom stereocenters. The largest absolute Gasteiger partial charge is 0.308 e. The van der Waals surface area contributed by atoms with Crippen LogP contribution in [0.1, 0.15) is 30.4 Å². The molecule has 1 saturated heterocycles. The third kappa shape index (κ3) is 3.10. The molecule has 134 valence electrons. The van der Waals surface area contributed by atoms with Crippen molar-refractivity contribution < 1.29 is 0 Å². The SMILES string of the molecule is Cc1[nH]ncc1-c1cc2nc(C3CC4CC4CN3)[nH]c(=O)c2s1.Cl.Cl. The minimum atomic E-state index is -0.0397. The summed E-state index contributed by atoms with van der Waals surface area (Å²) in [6.45, 7) is 3.02. The van der Waals surface area contributed by atoms with Gasteiger partial charge in [0, 0.05) is 16.1 Å². The Morgan fingerprint density at radius 2 is 2.08 bits per heavy atom. The van der Waals surface area contributed by atoms with E-state index in [1.54, 1.807) is 6.20 Å². The number of rotatable bonds is 2. The summed E-state index contributed by atoms with van der Waals surface area (Å²) in [6, 6.07) is 2.18. The first-order valence-corrected chi connectivity index (χ1v) is 8.78. The van der Waals surface area contributed by atoms with Gasteiger partial charge in [-0.05, 0) is 44.2 Å². The van der Waals surface area contributed by atoms with E-state index in [2.05, 4.69) is 20.5 Å². The van der Waals surface area contributed by atoms with E-state index in [-0.39, 0.29) is 36.4 Å². The molecule has 3 aromatic rings. The standard InChI is InChI=1S/C16H17N5OS.2ClH/c1-7-10(6-18-21-7)13-4-11-14(23-13)16(22)20-15(19-11)12-3-8-2-9(8)5-17-12;;/h4,6,8-9,12,17H,2-3,5H2,1H3,(H,18,21)(H,19,20,22);2*1H. The fourth-order valence-corrected chi connectivity index (χ4v) is 4.65. The van der Waals surface area contributed by atoms with Crippen LogP contribution in [0.5, 0.6) is 0 Å². The Morgan fingerprint density at radius 1 is 1.24 bits per heavy atom. The maximum absolute atomic E-state index is 12.5. The molecular formula is C16H19Cl2N5OS. The Labute approximate surface area is 160 Å². The summed E-state index contributed by atoms with van der Waals surface area (Å²) in [6.07, 6.45) is 4.19. The smallest absolute Gasteiger partial charge is 0.268 e. The number of aromatic nitrogens is 4. The first kappa shape index (κ1) is 18.4. The molecule has 1 aliphatic heterocycles. The molecule has 1 saturated carbocycles. The van der Waals surface area contributed by atoms with Gasteiger partial charge in [0.05, 0.1) is 17.8 Å². The molecule has 5 rings (SSSR count). The number of aromatic amines is 2. The highest BCUT2D eigenvalue weighted by Gasteiger charge is 2.42. The number of halogens is 2. The summed E-state index contributed by atoms with van der Waals surface area (Å²) >= 11 is 1.47. The lowest BCUT2D eigenvalue weighted by atomic mass is 10.0. The molecule has 3 N–H and O–H groups in total. The van der Waals surface area contributed by atoms with E-state index in [1.165, 1.54) is 17.8 Å². The third-order valence-electron chi connectivity index (χ3n) is 5.06. The summed E-state index contributed by atoms with van der Waals surface area (Å²) in [5, 5.41) is 10.5. The van der Waals surface area contributed by atoms with E-state index in [0.717, 1.165) is 52.3 Å². The lowest BCUT2D eigenvalue weighted by Crippen LogP contribution is -2.31. The predicted octanol–water partition coefficient (Wildman–Crippen LogP) is 3.20. The van der Waals surface area contributed by atoms with Crippen molar-refractivity contribution in [3.05, 3.63) is 34.1 Å². The number of nitrogens with zero attached hydrogens (tertiary/aromatic N) is 2. The van der Waals surface area contributed by atoms with Crippen LogP contribution in [0.25, 0.3) is 20.7 Å². The van der Waals surface area contributed by atoms with Gasteiger partial charge in [0.25, 0.3) is 5.56 Å². The molecule has 6 nitrogen and oxygen atoms in total. The Kier molecular flexibility index (Phi) is 4.94. The lowest BCUT2D eigenvalue weighted by molar-refractivity contribution is 0.381. The van der Waals surface area contributed by atoms with Crippen LogP contribution in [-0.2, 0) is 0 Å². The maximum Gasteiger partial charge on any atom is 0.268 e. The molecule has 0 radical (unpaired) electrons. The van der Waals surface area contributed by atoms with Gasteiger partial charge < -0.3 is 10.3 Å². The number of fused-ring (bicyclic) bond motifs is 2. The first-order chi connectivity index (χ1) is 11.2. The van der Waals surface area contributed by atoms with Crippen LogP contribution in [0.4, 0.5) is 0 Å². The average Bonchev–Trinajstić information content (AvgIpc) is 2.98. The van der Waals surface area contributed by atoms with E-state index in [0.29, 0.717) is 4.70 Å². The lowest BCUT2D eigenvalue weighted by Gasteiger charge is -2.21. The quantitative estimate of drug-likeness (QED) is 0.617. The normalized spacial score (nSPS) is 24.3. The van der Waals surface area contributed by atoms with Gasteiger partial charge in [0.15, 0.2) is 0 Å². The molecule has 0 spiro atoms. The summed E-state index contributed by atoms with van der Waals surface area (Å²) in [5.41, 5.74) is 2.78. The number of hydrogen-bond donors (Lipinski definition) is 3. The second-order valence-corrected chi connectivity index (χ2v) is 7.69. The topological polar surface area (TPSA) is 86.5 Å². The highest BCUT2D eigenvalue weighted by Crippen LogP contribution is 2.47. The van der Waals surface area contributed by atoms with E-state index >= 15 is 0 Å². The average molecular weight is 400 g/mol. The number of hydrogen-bond acceptors (Lipinski definition) is 5. The van der Waals surface area contributed by atoms with Crippen molar-refractivity contribution in [2.75, 3.05) is 6.54 Å². The molecule has 9 heteroatoms. The monoisotopic (exact) mass is 399 g/mol. The van der Waals surface area contributed by atoms with Crippen LogP contribution in [0.3, 0.4) is 0 Å². The van der Waals surface area contributed by atoms with Crippen LogP contribution < -0.4 is 10.9 Å². The summed E-state index contributed by atoms with van der Waals surface area (Å²) < 4.78 is 0.685. The van der Waals surface area contributed by atoms with Gasteiger partial charge in [0.1, 0.15) is 10.5 Å². The zero-order valence-corrected chi connectivity index (χ0v) is 16.0. The molecule has 0 aromatic carbocycles.